The van der Waals surface area contributed by atoms with Crippen molar-refractivity contribution in [3.05, 3.63) is 251 Å². The Morgan fingerprint density at radius 2 is 0.395 bits per heavy atom. The molecule has 4 aliphatic carbocycles. The van der Waals surface area contributed by atoms with Crippen LogP contribution in [0.5, 0.6) is 0 Å². The van der Waals surface area contributed by atoms with Crippen molar-refractivity contribution in [3.8, 4) is 89.0 Å². The summed E-state index contributed by atoms with van der Waals surface area (Å²) >= 11 is 0. The second-order valence-electron chi connectivity index (χ2n) is 24.7. The molecule has 76 heavy (non-hydrogen) atoms. The molecule has 0 amide bonds. The summed E-state index contributed by atoms with van der Waals surface area (Å²) in [5.74, 6) is 0. The van der Waals surface area contributed by atoms with Crippen molar-refractivity contribution < 1.29 is 0 Å². The normalized spacial score (nSPS) is 16.1. The highest BCUT2D eigenvalue weighted by molar-refractivity contribution is 6.32. The van der Waals surface area contributed by atoms with Gasteiger partial charge in [0.25, 0.3) is 0 Å². The Balaban J connectivity index is 1.02. The van der Waals surface area contributed by atoms with Gasteiger partial charge in [-0.2, -0.15) is 0 Å². The van der Waals surface area contributed by atoms with Gasteiger partial charge in [-0.1, -0.05) is 225 Å². The molecule has 12 aromatic carbocycles. The zero-order valence-electron chi connectivity index (χ0n) is 44.6. The molecule has 12 aromatic rings. The highest BCUT2D eigenvalue weighted by atomic mass is 14.4. The molecule has 0 N–H and O–H groups in total. The van der Waals surface area contributed by atoms with E-state index in [2.05, 4.69) is 262 Å². The second-order valence-corrected chi connectivity index (χ2v) is 24.7. The third-order valence-corrected chi connectivity index (χ3v) is 19.5. The summed E-state index contributed by atoms with van der Waals surface area (Å²) in [4.78, 5) is 0. The number of hydrogen-bond donors (Lipinski definition) is 0. The van der Waals surface area contributed by atoms with Gasteiger partial charge in [0.2, 0.25) is 0 Å². The van der Waals surface area contributed by atoms with Crippen LogP contribution < -0.4 is 0 Å². The predicted molar refractivity (Wildman–Crippen MR) is 322 cm³/mol. The summed E-state index contributed by atoms with van der Waals surface area (Å²) < 4.78 is 0. The molecule has 0 aromatic heterocycles. The fourth-order valence-corrected chi connectivity index (χ4v) is 15.5. The first-order valence-corrected chi connectivity index (χ1v) is 27.5. The first-order chi connectivity index (χ1) is 36.7. The lowest BCUT2D eigenvalue weighted by molar-refractivity contribution is 0.660. The number of benzene rings is 12. The maximum Gasteiger partial charge on any atom is 0.0158 e. The Labute approximate surface area is 446 Å². The Hall–Kier alpha value is -8.32. The quantitative estimate of drug-likeness (QED) is 0.154. The largest absolute Gasteiger partial charge is 0.0619 e. The van der Waals surface area contributed by atoms with Gasteiger partial charge in [0.05, 0.1) is 0 Å². The van der Waals surface area contributed by atoms with Crippen molar-refractivity contribution >= 4 is 32.3 Å². The average molecular weight is 971 g/mol. The molecule has 0 bridgehead atoms. The Morgan fingerprint density at radius 1 is 0.184 bits per heavy atom. The second kappa shape index (κ2) is 14.7. The number of hydrogen-bond acceptors (Lipinski definition) is 0. The molecular weight excluding hydrogens is 913 g/mol. The summed E-state index contributed by atoms with van der Waals surface area (Å²) in [6.45, 7) is 19.1. The minimum atomic E-state index is -0.0790. The van der Waals surface area contributed by atoms with Gasteiger partial charge in [-0.05, 0) is 202 Å². The standard InChI is InChI=1S/C76H58/c1-73(2)63-21-13-9-17-47(63)59-37-43(25-33-67(59)73)55-41-56(44-26-34-68-60(38-44)48-18-10-14-22-64(48)74(68,3)4)52-31-32-54-58(46-28-36-70-62(40-46)50-20-12-16-24-66(50)76(70,7)8)42-57(53-30-29-51(55)71(52)72(53)54)45-27-35-69-61(39-45)49-19-11-15-23-65(49)75(69,5)6/h9-42H,1-8H3. The van der Waals surface area contributed by atoms with Gasteiger partial charge in [-0.15, -0.1) is 0 Å². The van der Waals surface area contributed by atoms with Gasteiger partial charge in [0.1, 0.15) is 0 Å². The molecule has 0 unspecified atom stereocenters. The van der Waals surface area contributed by atoms with E-state index in [4.69, 9.17) is 0 Å². The summed E-state index contributed by atoms with van der Waals surface area (Å²) in [6.07, 6.45) is 0. The van der Waals surface area contributed by atoms with E-state index in [9.17, 15) is 0 Å². The SMILES string of the molecule is CC1(C)c2ccccc2-c2cc(-c3cc(-c4ccc5c(c4)-c4ccccc4C5(C)C)c4ccc5c(-c6ccc7c(c6)-c6ccccc6C7(C)C)cc(-c6ccc7c(c6)-c6ccccc6C7(C)C)c6ccc3c4c65)ccc21. The lowest BCUT2D eigenvalue weighted by Gasteiger charge is -2.24. The molecule has 362 valence electrons. The van der Waals surface area contributed by atoms with Crippen molar-refractivity contribution in [2.24, 2.45) is 0 Å². The van der Waals surface area contributed by atoms with Crippen LogP contribution in [0.15, 0.2) is 206 Å². The summed E-state index contributed by atoms with van der Waals surface area (Å²) in [6, 6.07) is 80.5. The van der Waals surface area contributed by atoms with E-state index in [0.717, 1.165) is 0 Å². The molecule has 0 heteroatoms. The lowest BCUT2D eigenvalue weighted by Crippen LogP contribution is -2.14. The fraction of sp³-hybridized carbons (Fsp3) is 0.158. The molecule has 0 radical (unpaired) electrons. The molecule has 0 fully saturated rings. The van der Waals surface area contributed by atoms with E-state index in [1.54, 1.807) is 0 Å². The third-order valence-electron chi connectivity index (χ3n) is 19.5. The van der Waals surface area contributed by atoms with E-state index >= 15 is 0 Å². The molecule has 0 spiro atoms. The lowest BCUT2D eigenvalue weighted by atomic mass is 9.79. The highest BCUT2D eigenvalue weighted by Crippen LogP contribution is 2.57. The van der Waals surface area contributed by atoms with Crippen molar-refractivity contribution in [1.29, 1.82) is 0 Å². The van der Waals surface area contributed by atoms with E-state index in [0.29, 0.717) is 0 Å². The van der Waals surface area contributed by atoms with Crippen LogP contribution >= 0.6 is 0 Å². The summed E-state index contributed by atoms with van der Waals surface area (Å²) in [7, 11) is 0. The molecule has 0 atom stereocenters. The predicted octanol–water partition coefficient (Wildman–Crippen LogP) is 20.5. The van der Waals surface area contributed by atoms with Gasteiger partial charge in [0, 0.05) is 21.7 Å². The van der Waals surface area contributed by atoms with Gasteiger partial charge in [-0.25, -0.2) is 0 Å². The van der Waals surface area contributed by atoms with Crippen molar-refractivity contribution in [1.82, 2.24) is 0 Å². The van der Waals surface area contributed by atoms with Crippen LogP contribution in [0, 0.1) is 0 Å². The maximum atomic E-state index is 2.53. The summed E-state index contributed by atoms with van der Waals surface area (Å²) in [5.41, 5.74) is 31.7. The molecule has 0 nitrogen and oxygen atoms in total. The van der Waals surface area contributed by atoms with Crippen molar-refractivity contribution in [2.45, 2.75) is 77.0 Å². The van der Waals surface area contributed by atoms with Crippen LogP contribution in [0.3, 0.4) is 0 Å². The van der Waals surface area contributed by atoms with Gasteiger partial charge in [0.15, 0.2) is 0 Å². The Kier molecular flexibility index (Phi) is 8.54. The van der Waals surface area contributed by atoms with Crippen molar-refractivity contribution in [3.63, 3.8) is 0 Å². The molecule has 16 rings (SSSR count). The smallest absolute Gasteiger partial charge is 0.0158 e. The van der Waals surface area contributed by atoms with Gasteiger partial charge in [-0.3, -0.25) is 0 Å². The summed E-state index contributed by atoms with van der Waals surface area (Å²) in [5, 5.41) is 7.79. The third kappa shape index (κ3) is 5.59. The van der Waals surface area contributed by atoms with Crippen LogP contribution in [0.1, 0.15) is 99.9 Å². The van der Waals surface area contributed by atoms with E-state index in [-0.39, 0.29) is 21.7 Å². The van der Waals surface area contributed by atoms with E-state index < -0.39 is 0 Å². The first kappa shape index (κ1) is 44.0. The number of rotatable bonds is 4. The monoisotopic (exact) mass is 970 g/mol. The van der Waals surface area contributed by atoms with Crippen LogP contribution in [-0.2, 0) is 21.7 Å². The molecule has 4 aliphatic rings. The van der Waals surface area contributed by atoms with Gasteiger partial charge >= 0.3 is 0 Å². The number of fused-ring (bicyclic) bond motifs is 12. The van der Waals surface area contributed by atoms with E-state index in [1.165, 1.54) is 166 Å². The molecule has 0 heterocycles. The zero-order chi connectivity index (χ0) is 51.4. The highest BCUT2D eigenvalue weighted by Gasteiger charge is 2.39. The fourth-order valence-electron chi connectivity index (χ4n) is 15.5. The topological polar surface area (TPSA) is 0 Å². The van der Waals surface area contributed by atoms with Crippen LogP contribution in [0.25, 0.3) is 121 Å². The van der Waals surface area contributed by atoms with E-state index in [1.807, 2.05) is 0 Å². The van der Waals surface area contributed by atoms with Crippen LogP contribution in [0.4, 0.5) is 0 Å². The molecule has 0 saturated heterocycles. The minimum Gasteiger partial charge on any atom is -0.0619 e. The molecule has 0 aliphatic heterocycles. The Morgan fingerprint density at radius 3 is 0.632 bits per heavy atom. The van der Waals surface area contributed by atoms with Crippen LogP contribution in [0.2, 0.25) is 0 Å². The van der Waals surface area contributed by atoms with Crippen LogP contribution in [-0.4, -0.2) is 0 Å². The zero-order valence-corrected chi connectivity index (χ0v) is 44.6. The van der Waals surface area contributed by atoms with Gasteiger partial charge < -0.3 is 0 Å². The average Bonchev–Trinajstić information content (AvgIpc) is 4.11. The maximum absolute atomic E-state index is 2.53. The van der Waals surface area contributed by atoms with Crippen molar-refractivity contribution in [2.75, 3.05) is 0 Å². The Bertz CT molecular complexity index is 3990. The minimum absolute atomic E-state index is 0.0790. The first-order valence-electron chi connectivity index (χ1n) is 27.5. The molecule has 0 saturated carbocycles. The molecular formula is C76H58.